The molecule has 0 N–H and O–H groups in total. The molecule has 0 unspecified atom stereocenters. The fourth-order valence-electron chi connectivity index (χ4n) is 1.17. The van der Waals surface area contributed by atoms with E-state index in [0.29, 0.717) is 17.1 Å². The summed E-state index contributed by atoms with van der Waals surface area (Å²) in [5, 5.41) is 0. The van der Waals surface area contributed by atoms with Gasteiger partial charge in [0.25, 0.3) is 0 Å². The topological polar surface area (TPSA) is 44.8 Å². The predicted molar refractivity (Wildman–Crippen MR) is 50.0 cm³/mol. The summed E-state index contributed by atoms with van der Waals surface area (Å²) < 4.78 is 14.7. The molecule has 0 aliphatic heterocycles. The van der Waals surface area contributed by atoms with Gasteiger partial charge in [0.2, 0.25) is 0 Å². The summed E-state index contributed by atoms with van der Waals surface area (Å²) in [5.41, 5.74) is 0.695. The summed E-state index contributed by atoms with van der Waals surface area (Å²) in [6.45, 7) is 1.45. The molecule has 0 fully saturated rings. The van der Waals surface area contributed by atoms with E-state index in [1.54, 1.807) is 32.4 Å². The number of hydrogen-bond donors (Lipinski definition) is 0. The van der Waals surface area contributed by atoms with E-state index in [-0.39, 0.29) is 6.61 Å². The molecule has 1 aromatic rings. The Morgan fingerprint density at radius 1 is 1.21 bits per heavy atom. The van der Waals surface area contributed by atoms with Crippen LogP contribution in [-0.2, 0) is 16.1 Å². The fourth-order valence-corrected chi connectivity index (χ4v) is 1.17. The Morgan fingerprint density at radius 2 is 1.79 bits per heavy atom. The highest BCUT2D eigenvalue weighted by molar-refractivity contribution is 5.46. The van der Waals surface area contributed by atoms with Gasteiger partial charge in [-0.05, 0) is 12.1 Å². The summed E-state index contributed by atoms with van der Waals surface area (Å²) in [6.07, 6.45) is 0. The molecule has 0 atom stereocenters. The molecule has 0 bridgehead atoms. The fraction of sp³-hybridized carbons (Fsp3) is 0.300. The largest absolute Gasteiger partial charge is 0.496 e. The van der Waals surface area contributed by atoms with Gasteiger partial charge in [-0.2, -0.15) is 0 Å². The number of benzene rings is 1. The summed E-state index contributed by atoms with van der Waals surface area (Å²) >= 11 is 0. The lowest BCUT2D eigenvalue weighted by Gasteiger charge is -2.11. The maximum Gasteiger partial charge on any atom is 0.417 e. The van der Waals surface area contributed by atoms with Crippen LogP contribution < -0.4 is 9.47 Å². The Morgan fingerprint density at radius 3 is 2.21 bits per heavy atom. The first-order chi connectivity index (χ1) is 6.83. The molecule has 0 aliphatic carbocycles. The second kappa shape index (κ2) is 5.11. The van der Waals surface area contributed by atoms with Crippen molar-refractivity contribution in [1.29, 1.82) is 0 Å². The predicted octanol–water partition coefficient (Wildman–Crippen LogP) is 1.29. The van der Waals surface area contributed by atoms with Gasteiger partial charge in [0, 0.05) is 0 Å². The van der Waals surface area contributed by atoms with Crippen molar-refractivity contribution in [3.05, 3.63) is 23.8 Å². The van der Waals surface area contributed by atoms with Crippen LogP contribution in [0.5, 0.6) is 11.5 Å². The van der Waals surface area contributed by atoms with E-state index in [1.807, 2.05) is 0 Å². The van der Waals surface area contributed by atoms with Gasteiger partial charge in [0.1, 0.15) is 18.1 Å². The highest BCUT2D eigenvalue weighted by Crippen LogP contribution is 2.28. The lowest BCUT2D eigenvalue weighted by molar-refractivity contribution is 0.255. The molecule has 4 nitrogen and oxygen atoms in total. The zero-order chi connectivity index (χ0) is 10.4. The normalized spacial score (nSPS) is 9.29. The Kier molecular flexibility index (Phi) is 3.79. The van der Waals surface area contributed by atoms with Gasteiger partial charge in [-0.1, -0.05) is 6.07 Å². The molecule has 0 heterocycles. The number of rotatable bonds is 5. The van der Waals surface area contributed by atoms with E-state index in [2.05, 4.69) is 4.74 Å². The van der Waals surface area contributed by atoms with Gasteiger partial charge in [-0.3, -0.25) is 0 Å². The smallest absolute Gasteiger partial charge is 0.417 e. The molecule has 0 aromatic heterocycles. The second-order valence-electron chi connectivity index (χ2n) is 2.51. The summed E-state index contributed by atoms with van der Waals surface area (Å²) in [4.78, 5) is 9.95. The van der Waals surface area contributed by atoms with Gasteiger partial charge in [0.05, 0.1) is 19.8 Å². The van der Waals surface area contributed by atoms with E-state index in [4.69, 9.17) is 9.47 Å². The SMILES string of the molecule is COc1cccc(OC)c1CO[C]=O. The third-order valence-electron chi connectivity index (χ3n) is 1.81. The lowest BCUT2D eigenvalue weighted by atomic mass is 10.2. The highest BCUT2D eigenvalue weighted by Gasteiger charge is 2.09. The minimum Gasteiger partial charge on any atom is -0.496 e. The Bertz CT molecular complexity index is 287. The van der Waals surface area contributed by atoms with Crippen LogP contribution in [0.15, 0.2) is 18.2 Å². The maximum atomic E-state index is 9.95. The van der Waals surface area contributed by atoms with Crippen LogP contribution in [0.3, 0.4) is 0 Å². The zero-order valence-electron chi connectivity index (χ0n) is 8.07. The van der Waals surface area contributed by atoms with Gasteiger partial charge >= 0.3 is 6.47 Å². The molecule has 75 valence electrons. The van der Waals surface area contributed by atoms with Gasteiger partial charge in [-0.25, -0.2) is 4.79 Å². The summed E-state index contributed by atoms with van der Waals surface area (Å²) in [5.74, 6) is 1.25. The lowest BCUT2D eigenvalue weighted by Crippen LogP contribution is -1.98. The standard InChI is InChI=1S/C10H11O4/c1-12-9-4-3-5-10(13-2)8(9)6-14-7-11/h3-5H,6H2,1-2H3. The monoisotopic (exact) mass is 195 g/mol. The first kappa shape index (κ1) is 10.4. The molecule has 1 radical (unpaired) electrons. The molecule has 0 saturated carbocycles. The van der Waals surface area contributed by atoms with E-state index in [1.165, 1.54) is 6.47 Å². The molecule has 0 spiro atoms. The van der Waals surface area contributed by atoms with E-state index in [9.17, 15) is 4.79 Å². The van der Waals surface area contributed by atoms with Crippen molar-refractivity contribution in [3.63, 3.8) is 0 Å². The molecule has 0 aliphatic rings. The number of ether oxygens (including phenoxy) is 3. The number of hydrogen-bond acceptors (Lipinski definition) is 4. The molecule has 14 heavy (non-hydrogen) atoms. The van der Waals surface area contributed by atoms with Crippen LogP contribution in [0.2, 0.25) is 0 Å². The minimum absolute atomic E-state index is 0.0939. The third-order valence-corrected chi connectivity index (χ3v) is 1.81. The first-order valence-corrected chi connectivity index (χ1v) is 4.02. The zero-order valence-corrected chi connectivity index (χ0v) is 8.07. The van der Waals surface area contributed by atoms with E-state index >= 15 is 0 Å². The Balaban J connectivity index is 2.99. The van der Waals surface area contributed by atoms with Crippen LogP contribution in [0.4, 0.5) is 0 Å². The number of carbonyl (C=O) groups excluding carboxylic acids is 1. The summed E-state index contributed by atoms with van der Waals surface area (Å²) in [6, 6.07) is 5.34. The van der Waals surface area contributed by atoms with Crippen LogP contribution in [0, 0.1) is 0 Å². The summed E-state index contributed by atoms with van der Waals surface area (Å²) in [7, 11) is 3.09. The molecule has 0 saturated heterocycles. The van der Waals surface area contributed by atoms with Crippen LogP contribution in [0.1, 0.15) is 5.56 Å². The van der Waals surface area contributed by atoms with Gasteiger partial charge in [-0.15, -0.1) is 0 Å². The molecule has 1 aromatic carbocycles. The highest BCUT2D eigenvalue weighted by atomic mass is 16.5. The average molecular weight is 195 g/mol. The van der Waals surface area contributed by atoms with Crippen molar-refractivity contribution >= 4 is 6.47 Å². The van der Waals surface area contributed by atoms with Crippen LogP contribution >= 0.6 is 0 Å². The van der Waals surface area contributed by atoms with E-state index < -0.39 is 0 Å². The Labute approximate surface area is 82.4 Å². The maximum absolute atomic E-state index is 9.95. The first-order valence-electron chi connectivity index (χ1n) is 4.02. The second-order valence-corrected chi connectivity index (χ2v) is 2.51. The third kappa shape index (κ3) is 2.16. The van der Waals surface area contributed by atoms with Crippen molar-refractivity contribution in [2.24, 2.45) is 0 Å². The molecule has 4 heteroatoms. The van der Waals surface area contributed by atoms with Crippen molar-refractivity contribution < 1.29 is 19.0 Å². The Hall–Kier alpha value is -1.71. The molecule has 1 rings (SSSR count). The molecular weight excluding hydrogens is 184 g/mol. The minimum atomic E-state index is 0.0939. The van der Waals surface area contributed by atoms with Gasteiger partial charge < -0.3 is 14.2 Å². The van der Waals surface area contributed by atoms with E-state index in [0.717, 1.165) is 0 Å². The van der Waals surface area contributed by atoms with Crippen LogP contribution in [-0.4, -0.2) is 20.7 Å². The quantitative estimate of drug-likeness (QED) is 0.710. The van der Waals surface area contributed by atoms with Gasteiger partial charge in [0.15, 0.2) is 0 Å². The molecule has 0 amide bonds. The van der Waals surface area contributed by atoms with Crippen molar-refractivity contribution in [3.8, 4) is 11.5 Å². The van der Waals surface area contributed by atoms with Crippen molar-refractivity contribution in [2.45, 2.75) is 6.61 Å². The number of methoxy groups -OCH3 is 2. The van der Waals surface area contributed by atoms with Crippen molar-refractivity contribution in [2.75, 3.05) is 14.2 Å². The van der Waals surface area contributed by atoms with Crippen molar-refractivity contribution in [1.82, 2.24) is 0 Å². The molecular formula is C10H11O4. The van der Waals surface area contributed by atoms with Crippen LogP contribution in [0.25, 0.3) is 0 Å². The average Bonchev–Trinajstić information content (AvgIpc) is 2.25.